The number of hydrogen-bond acceptors (Lipinski definition) is 4. The maximum absolute atomic E-state index is 11.5. The minimum Gasteiger partial charge on any atom is -0.447 e. The minimum absolute atomic E-state index is 0.164. The van der Waals surface area contributed by atoms with E-state index in [2.05, 4.69) is 0 Å². The minimum atomic E-state index is -0.328. The molecule has 1 saturated heterocycles. The highest BCUT2D eigenvalue weighted by molar-refractivity contribution is 5.67. The topological polar surface area (TPSA) is 59.0 Å². The first-order chi connectivity index (χ1) is 7.67. The molecule has 16 heavy (non-hydrogen) atoms. The predicted molar refractivity (Wildman–Crippen MR) is 59.2 cm³/mol. The van der Waals surface area contributed by atoms with Crippen LogP contribution in [0.25, 0.3) is 0 Å². The first-order valence-electron chi connectivity index (χ1n) is 5.88. The molecule has 0 saturated carbocycles. The van der Waals surface area contributed by atoms with E-state index < -0.39 is 0 Å². The molecule has 1 fully saturated rings. The Hall–Kier alpha value is -0.810. The van der Waals surface area contributed by atoms with E-state index >= 15 is 0 Å². The monoisotopic (exact) mass is 231 g/mol. The van der Waals surface area contributed by atoms with Crippen molar-refractivity contribution < 1.29 is 19.4 Å². The molecule has 94 valence electrons. The molecule has 1 heterocycles. The predicted octanol–water partition coefficient (Wildman–Crippen LogP) is 1.00. The van der Waals surface area contributed by atoms with Gasteiger partial charge in [-0.15, -0.1) is 0 Å². The number of amides is 1. The lowest BCUT2D eigenvalue weighted by molar-refractivity contribution is -0.0690. The normalized spacial score (nSPS) is 25.2. The Morgan fingerprint density at radius 3 is 2.75 bits per heavy atom. The number of carbonyl (C=O) groups excluding carboxylic acids is 1. The van der Waals surface area contributed by atoms with Crippen molar-refractivity contribution in [1.29, 1.82) is 0 Å². The van der Waals surface area contributed by atoms with Crippen LogP contribution in [0.15, 0.2) is 0 Å². The van der Waals surface area contributed by atoms with Gasteiger partial charge in [-0.25, -0.2) is 4.79 Å². The van der Waals surface area contributed by atoms with E-state index in [1.54, 1.807) is 4.90 Å². The third-order valence-electron chi connectivity index (χ3n) is 2.75. The second-order valence-corrected chi connectivity index (χ2v) is 3.92. The first kappa shape index (κ1) is 13.3. The number of nitrogens with zero attached hydrogens (tertiary/aromatic N) is 1. The molecule has 1 aliphatic heterocycles. The standard InChI is InChI=1S/C11H21NO4/c1-3-12(4-2)11(14)16-8-10-7-9(13)5-6-15-10/h9-10,13H,3-8H2,1-2H3/t9-,10+/m1/s1. The van der Waals surface area contributed by atoms with Gasteiger partial charge < -0.3 is 19.5 Å². The van der Waals surface area contributed by atoms with Crippen LogP contribution in [-0.2, 0) is 9.47 Å². The van der Waals surface area contributed by atoms with Crippen LogP contribution in [-0.4, -0.2) is 54.6 Å². The van der Waals surface area contributed by atoms with Crippen molar-refractivity contribution in [2.75, 3.05) is 26.3 Å². The molecule has 0 bridgehead atoms. The number of rotatable bonds is 4. The van der Waals surface area contributed by atoms with Gasteiger partial charge in [0.2, 0.25) is 0 Å². The van der Waals surface area contributed by atoms with Gasteiger partial charge in [-0.05, 0) is 20.3 Å². The van der Waals surface area contributed by atoms with Crippen molar-refractivity contribution in [2.45, 2.75) is 38.9 Å². The van der Waals surface area contributed by atoms with E-state index in [4.69, 9.17) is 9.47 Å². The van der Waals surface area contributed by atoms with Crippen LogP contribution in [0.2, 0.25) is 0 Å². The smallest absolute Gasteiger partial charge is 0.409 e. The van der Waals surface area contributed by atoms with Crippen molar-refractivity contribution in [3.63, 3.8) is 0 Å². The molecule has 5 nitrogen and oxygen atoms in total. The summed E-state index contributed by atoms with van der Waals surface area (Å²) in [5.74, 6) is 0. The van der Waals surface area contributed by atoms with Gasteiger partial charge in [0.15, 0.2) is 0 Å². The number of ether oxygens (including phenoxy) is 2. The van der Waals surface area contributed by atoms with Gasteiger partial charge in [-0.2, -0.15) is 0 Å². The van der Waals surface area contributed by atoms with Crippen LogP contribution in [0.4, 0.5) is 4.79 Å². The first-order valence-corrected chi connectivity index (χ1v) is 5.88. The second kappa shape index (κ2) is 6.70. The number of aliphatic hydroxyl groups excluding tert-OH is 1. The van der Waals surface area contributed by atoms with E-state index in [1.807, 2.05) is 13.8 Å². The Kier molecular flexibility index (Phi) is 5.55. The summed E-state index contributed by atoms with van der Waals surface area (Å²) in [4.78, 5) is 13.1. The molecular weight excluding hydrogens is 210 g/mol. The lowest BCUT2D eigenvalue weighted by Gasteiger charge is -2.27. The third kappa shape index (κ3) is 3.98. The Morgan fingerprint density at radius 2 is 2.19 bits per heavy atom. The molecule has 2 atom stereocenters. The zero-order valence-electron chi connectivity index (χ0n) is 10.0. The van der Waals surface area contributed by atoms with E-state index in [1.165, 1.54) is 0 Å². The lowest BCUT2D eigenvalue weighted by Crippen LogP contribution is -2.36. The van der Waals surface area contributed by atoms with Crippen LogP contribution in [0.1, 0.15) is 26.7 Å². The SMILES string of the molecule is CCN(CC)C(=O)OC[C@@H]1C[C@H](O)CCO1. The number of hydrogen-bond donors (Lipinski definition) is 1. The summed E-state index contributed by atoms with van der Waals surface area (Å²) in [6.45, 7) is 5.87. The summed E-state index contributed by atoms with van der Waals surface area (Å²) in [7, 11) is 0. The average molecular weight is 231 g/mol. The van der Waals surface area contributed by atoms with Gasteiger partial charge in [-0.3, -0.25) is 0 Å². The molecule has 0 spiro atoms. The van der Waals surface area contributed by atoms with Crippen molar-refractivity contribution in [1.82, 2.24) is 4.90 Å². The average Bonchev–Trinajstić information content (AvgIpc) is 2.28. The number of carbonyl (C=O) groups is 1. The Balaban J connectivity index is 2.25. The third-order valence-corrected chi connectivity index (χ3v) is 2.75. The zero-order valence-corrected chi connectivity index (χ0v) is 10.0. The van der Waals surface area contributed by atoms with Gasteiger partial charge in [-0.1, -0.05) is 0 Å². The van der Waals surface area contributed by atoms with E-state index in [9.17, 15) is 9.90 Å². The molecular formula is C11H21NO4. The summed E-state index contributed by atoms with van der Waals surface area (Å²) in [5, 5.41) is 9.42. The molecule has 1 rings (SSSR count). The molecule has 0 unspecified atom stereocenters. The van der Waals surface area contributed by atoms with Crippen LogP contribution < -0.4 is 0 Å². The van der Waals surface area contributed by atoms with E-state index in [-0.39, 0.29) is 24.9 Å². The Bertz CT molecular complexity index is 218. The second-order valence-electron chi connectivity index (χ2n) is 3.92. The summed E-state index contributed by atoms with van der Waals surface area (Å²) >= 11 is 0. The maximum atomic E-state index is 11.5. The summed E-state index contributed by atoms with van der Waals surface area (Å²) in [5.41, 5.74) is 0. The highest BCUT2D eigenvalue weighted by Crippen LogP contribution is 2.14. The molecule has 0 aromatic carbocycles. The molecule has 0 radical (unpaired) electrons. The maximum Gasteiger partial charge on any atom is 0.409 e. The molecule has 0 aliphatic carbocycles. The lowest BCUT2D eigenvalue weighted by atomic mass is 10.1. The van der Waals surface area contributed by atoms with Crippen molar-refractivity contribution in [2.24, 2.45) is 0 Å². The zero-order chi connectivity index (χ0) is 12.0. The van der Waals surface area contributed by atoms with Crippen LogP contribution in [0.3, 0.4) is 0 Å². The van der Waals surface area contributed by atoms with Crippen molar-refractivity contribution in [3.05, 3.63) is 0 Å². The molecule has 5 heteroatoms. The largest absolute Gasteiger partial charge is 0.447 e. The van der Waals surface area contributed by atoms with Crippen LogP contribution in [0, 0.1) is 0 Å². The quantitative estimate of drug-likeness (QED) is 0.784. The molecule has 0 aromatic heterocycles. The Labute approximate surface area is 96.3 Å². The van der Waals surface area contributed by atoms with Gasteiger partial charge in [0.1, 0.15) is 6.61 Å². The highest BCUT2D eigenvalue weighted by atomic mass is 16.6. The van der Waals surface area contributed by atoms with Gasteiger partial charge in [0.05, 0.1) is 12.2 Å². The fourth-order valence-electron chi connectivity index (χ4n) is 1.71. The van der Waals surface area contributed by atoms with E-state index in [0.717, 1.165) is 0 Å². The van der Waals surface area contributed by atoms with E-state index in [0.29, 0.717) is 32.5 Å². The van der Waals surface area contributed by atoms with Crippen LogP contribution in [0.5, 0.6) is 0 Å². The fourth-order valence-corrected chi connectivity index (χ4v) is 1.71. The summed E-state index contributed by atoms with van der Waals surface area (Å²) in [6, 6.07) is 0. The molecule has 0 aromatic rings. The highest BCUT2D eigenvalue weighted by Gasteiger charge is 2.22. The Morgan fingerprint density at radius 1 is 1.50 bits per heavy atom. The molecule has 1 N–H and O–H groups in total. The van der Waals surface area contributed by atoms with Gasteiger partial charge >= 0.3 is 6.09 Å². The van der Waals surface area contributed by atoms with Gasteiger partial charge in [0, 0.05) is 26.1 Å². The number of aliphatic hydroxyl groups is 1. The van der Waals surface area contributed by atoms with Crippen molar-refractivity contribution >= 4 is 6.09 Å². The molecule has 1 aliphatic rings. The van der Waals surface area contributed by atoms with Crippen molar-refractivity contribution in [3.8, 4) is 0 Å². The fraction of sp³-hybridized carbons (Fsp3) is 0.909. The van der Waals surface area contributed by atoms with Gasteiger partial charge in [0.25, 0.3) is 0 Å². The summed E-state index contributed by atoms with van der Waals surface area (Å²) in [6.07, 6.45) is 0.411. The molecule has 1 amide bonds. The van der Waals surface area contributed by atoms with Crippen LogP contribution >= 0.6 is 0 Å². The summed E-state index contributed by atoms with van der Waals surface area (Å²) < 4.78 is 10.5.